The third kappa shape index (κ3) is 19.2. The normalized spacial score (nSPS) is 9.90. The van der Waals surface area contributed by atoms with E-state index >= 15 is 0 Å². The Morgan fingerprint density at radius 2 is 0.795 bits per heavy atom. The van der Waals surface area contributed by atoms with Gasteiger partial charge < -0.3 is 39.1 Å². The molecule has 2 amide bonds. The van der Waals surface area contributed by atoms with E-state index in [2.05, 4.69) is 36.9 Å². The van der Waals surface area contributed by atoms with Crippen molar-refractivity contribution in [2.45, 2.75) is 31.5 Å². The summed E-state index contributed by atoms with van der Waals surface area (Å²) in [6.45, 7) is 12.1. The van der Waals surface area contributed by atoms with Crippen molar-refractivity contribution in [2.75, 3.05) is 39.5 Å². The molecule has 0 aromatic rings. The molecule has 0 saturated carbocycles. The molecule has 0 fully saturated rings. The first-order chi connectivity index (χ1) is 18.6. The highest BCUT2D eigenvalue weighted by Crippen LogP contribution is 2.01. The Labute approximate surface area is 225 Å². The van der Waals surface area contributed by atoms with Gasteiger partial charge in [-0.25, -0.2) is 28.8 Å². The monoisotopic (exact) mass is 554 g/mol. The number of ether oxygens (including phenoxy) is 6. The van der Waals surface area contributed by atoms with Crippen LogP contribution in [-0.4, -0.2) is 87.8 Å². The molecule has 14 nitrogen and oxygen atoms in total. The van der Waals surface area contributed by atoms with Crippen LogP contribution in [-0.2, 0) is 47.6 Å². The molecule has 14 heteroatoms. The Hall–Kier alpha value is -4.62. The molecule has 0 radical (unpaired) electrons. The Morgan fingerprint density at radius 3 is 1.05 bits per heavy atom. The molecule has 0 rings (SSSR count). The van der Waals surface area contributed by atoms with Crippen molar-refractivity contribution in [3.05, 3.63) is 50.6 Å². The van der Waals surface area contributed by atoms with Crippen molar-refractivity contribution in [1.82, 2.24) is 10.6 Å². The summed E-state index contributed by atoms with van der Waals surface area (Å²) >= 11 is 0. The first-order valence-electron chi connectivity index (χ1n) is 11.7. The summed E-state index contributed by atoms with van der Waals surface area (Å²) in [7, 11) is 0. The van der Waals surface area contributed by atoms with Gasteiger partial charge >= 0.3 is 36.1 Å². The SMILES string of the molecule is C=CC(=O)OCC(COC(=O)C=C)OC(=O)NCCCCCNC(=O)OC(COC(=O)C=C)COC(=O)C=C. The van der Waals surface area contributed by atoms with Crippen LogP contribution in [0, 0.1) is 0 Å². The van der Waals surface area contributed by atoms with E-state index in [0.717, 1.165) is 24.3 Å². The van der Waals surface area contributed by atoms with Crippen LogP contribution in [0.3, 0.4) is 0 Å². The highest BCUT2D eigenvalue weighted by atomic mass is 16.6. The lowest BCUT2D eigenvalue weighted by molar-refractivity contribution is -0.147. The lowest BCUT2D eigenvalue weighted by Crippen LogP contribution is -2.36. The molecule has 0 aliphatic heterocycles. The van der Waals surface area contributed by atoms with Gasteiger partial charge in [0.25, 0.3) is 0 Å². The fraction of sp³-hybridized carbons (Fsp3) is 0.440. The number of unbranched alkanes of at least 4 members (excludes halogenated alkanes) is 2. The van der Waals surface area contributed by atoms with Gasteiger partial charge in [-0.2, -0.15) is 0 Å². The van der Waals surface area contributed by atoms with Gasteiger partial charge in [0.15, 0.2) is 12.2 Å². The summed E-state index contributed by atoms with van der Waals surface area (Å²) < 4.78 is 29.5. The van der Waals surface area contributed by atoms with Gasteiger partial charge in [0.2, 0.25) is 0 Å². The van der Waals surface area contributed by atoms with Crippen LogP contribution >= 0.6 is 0 Å². The number of hydrogen-bond acceptors (Lipinski definition) is 12. The molecule has 0 spiro atoms. The van der Waals surface area contributed by atoms with Gasteiger partial charge in [0, 0.05) is 37.4 Å². The third-order valence-corrected chi connectivity index (χ3v) is 4.25. The Morgan fingerprint density at radius 1 is 0.513 bits per heavy atom. The second-order valence-corrected chi connectivity index (χ2v) is 7.31. The van der Waals surface area contributed by atoms with Crippen molar-refractivity contribution in [2.24, 2.45) is 0 Å². The number of nitrogens with one attached hydrogen (secondary N) is 2. The number of carbonyl (C=O) groups is 6. The van der Waals surface area contributed by atoms with Gasteiger partial charge in [-0.05, 0) is 19.3 Å². The predicted octanol–water partition coefficient (Wildman–Crippen LogP) is 1.26. The molecule has 0 aromatic heterocycles. The highest BCUT2D eigenvalue weighted by molar-refractivity contribution is 5.82. The first kappa shape index (κ1) is 34.4. The summed E-state index contributed by atoms with van der Waals surface area (Å²) in [6, 6.07) is 0. The number of carbonyl (C=O) groups excluding carboxylic acids is 6. The average molecular weight is 555 g/mol. The number of amides is 2. The Balaban J connectivity index is 4.30. The molecule has 0 atom stereocenters. The van der Waals surface area contributed by atoms with Crippen LogP contribution in [0.2, 0.25) is 0 Å². The van der Waals surface area contributed by atoms with Gasteiger partial charge in [-0.1, -0.05) is 26.3 Å². The van der Waals surface area contributed by atoms with Gasteiger partial charge in [0.1, 0.15) is 26.4 Å². The molecule has 0 bridgehead atoms. The van der Waals surface area contributed by atoms with Crippen molar-refractivity contribution in [3.8, 4) is 0 Å². The lowest BCUT2D eigenvalue weighted by Gasteiger charge is -2.18. The zero-order valence-electron chi connectivity index (χ0n) is 21.6. The van der Waals surface area contributed by atoms with Crippen LogP contribution < -0.4 is 10.6 Å². The highest BCUT2D eigenvalue weighted by Gasteiger charge is 2.19. The van der Waals surface area contributed by atoms with E-state index in [9.17, 15) is 28.8 Å². The minimum atomic E-state index is -1.04. The molecule has 0 aliphatic rings. The quantitative estimate of drug-likeness (QED) is 0.0953. The zero-order chi connectivity index (χ0) is 29.5. The second-order valence-electron chi connectivity index (χ2n) is 7.31. The fourth-order valence-corrected chi connectivity index (χ4v) is 2.36. The summed E-state index contributed by atoms with van der Waals surface area (Å²) in [6.07, 6.45) is 1.69. The predicted molar refractivity (Wildman–Crippen MR) is 135 cm³/mol. The molecule has 216 valence electrons. The van der Waals surface area contributed by atoms with E-state index in [-0.39, 0.29) is 39.5 Å². The number of rotatable bonds is 20. The van der Waals surface area contributed by atoms with Gasteiger partial charge in [0.05, 0.1) is 0 Å². The van der Waals surface area contributed by atoms with Crippen LogP contribution in [0.25, 0.3) is 0 Å². The van der Waals surface area contributed by atoms with Gasteiger partial charge in [-0.15, -0.1) is 0 Å². The van der Waals surface area contributed by atoms with Crippen LogP contribution in [0.15, 0.2) is 50.6 Å². The topological polar surface area (TPSA) is 182 Å². The third-order valence-electron chi connectivity index (χ3n) is 4.25. The molecule has 39 heavy (non-hydrogen) atoms. The van der Waals surface area contributed by atoms with E-state index < -0.39 is 48.3 Å². The molecule has 0 saturated heterocycles. The first-order valence-corrected chi connectivity index (χ1v) is 11.7. The van der Waals surface area contributed by atoms with Crippen molar-refractivity contribution >= 4 is 36.1 Å². The van der Waals surface area contributed by atoms with Crippen LogP contribution in [0.1, 0.15) is 19.3 Å². The maximum Gasteiger partial charge on any atom is 0.407 e. The lowest BCUT2D eigenvalue weighted by atomic mass is 10.2. The summed E-state index contributed by atoms with van der Waals surface area (Å²) in [5, 5.41) is 5.01. The molecular weight excluding hydrogens is 520 g/mol. The molecule has 0 unspecified atom stereocenters. The molecule has 0 aromatic carbocycles. The van der Waals surface area contributed by atoms with E-state index in [1.807, 2.05) is 0 Å². The Kier molecular flexibility index (Phi) is 18.9. The van der Waals surface area contributed by atoms with Crippen molar-refractivity contribution < 1.29 is 57.2 Å². The van der Waals surface area contributed by atoms with Crippen LogP contribution in [0.5, 0.6) is 0 Å². The fourth-order valence-electron chi connectivity index (χ4n) is 2.36. The van der Waals surface area contributed by atoms with Crippen molar-refractivity contribution in [3.63, 3.8) is 0 Å². The second kappa shape index (κ2) is 21.5. The van der Waals surface area contributed by atoms with Gasteiger partial charge in [-0.3, -0.25) is 0 Å². The molecule has 2 N–H and O–H groups in total. The van der Waals surface area contributed by atoms with E-state index in [1.165, 1.54) is 0 Å². The number of esters is 4. The Bertz CT molecular complexity index is 768. The van der Waals surface area contributed by atoms with E-state index in [1.54, 1.807) is 0 Å². The minimum absolute atomic E-state index is 0.236. The summed E-state index contributed by atoms with van der Waals surface area (Å²) in [5.41, 5.74) is 0. The maximum absolute atomic E-state index is 12.0. The average Bonchev–Trinajstić information content (AvgIpc) is 2.94. The van der Waals surface area contributed by atoms with Crippen LogP contribution in [0.4, 0.5) is 9.59 Å². The minimum Gasteiger partial charge on any atom is -0.458 e. The largest absolute Gasteiger partial charge is 0.458 e. The maximum atomic E-state index is 12.0. The zero-order valence-corrected chi connectivity index (χ0v) is 21.6. The molecular formula is C25H34N2O12. The molecule has 0 aliphatic carbocycles. The van der Waals surface area contributed by atoms with E-state index in [0.29, 0.717) is 19.3 Å². The number of hydrogen-bond donors (Lipinski definition) is 2. The molecule has 0 heterocycles. The smallest absolute Gasteiger partial charge is 0.407 e. The van der Waals surface area contributed by atoms with Crippen molar-refractivity contribution in [1.29, 1.82) is 0 Å². The summed E-state index contributed by atoms with van der Waals surface area (Å²) in [5.74, 6) is -2.95. The standard InChI is InChI=1S/C25H34N2O12/c1-5-20(28)34-14-18(15-35-21(29)6-2)38-24(32)26-12-10-9-11-13-27-25(33)39-19(16-36-22(30)7-3)17-37-23(31)8-4/h5-8,18-19H,1-4,9-17H2,(H,26,32)(H,27,33). The number of alkyl carbamates (subject to hydrolysis) is 2. The summed E-state index contributed by atoms with van der Waals surface area (Å²) in [4.78, 5) is 68.9. The van der Waals surface area contributed by atoms with E-state index in [4.69, 9.17) is 28.4 Å².